The van der Waals surface area contributed by atoms with Crippen molar-refractivity contribution in [3.05, 3.63) is 62.1 Å². The Balaban J connectivity index is 2.31. The van der Waals surface area contributed by atoms with Crippen LogP contribution in [0.5, 0.6) is 0 Å². The number of para-hydroxylation sites is 1. The molecule has 0 atom stereocenters. The molecule has 0 bridgehead atoms. The van der Waals surface area contributed by atoms with E-state index in [9.17, 15) is 4.79 Å². The number of anilines is 1. The second-order valence-electron chi connectivity index (χ2n) is 3.71. The highest BCUT2D eigenvalue weighted by Gasteiger charge is 2.12. The molecule has 0 aliphatic carbocycles. The van der Waals surface area contributed by atoms with Crippen LogP contribution in [0.3, 0.4) is 0 Å². The molecular formula is C13H7Cl4NO. The molecule has 2 aromatic carbocycles. The first kappa shape index (κ1) is 14.5. The summed E-state index contributed by atoms with van der Waals surface area (Å²) in [6.45, 7) is 0. The smallest absolute Gasteiger partial charge is 0.255 e. The monoisotopic (exact) mass is 333 g/mol. The largest absolute Gasteiger partial charge is 0.319 e. The zero-order chi connectivity index (χ0) is 14.0. The van der Waals surface area contributed by atoms with Crippen LogP contribution in [0.4, 0.5) is 5.69 Å². The molecule has 0 aliphatic heterocycles. The van der Waals surface area contributed by atoms with Crippen molar-refractivity contribution in [3.8, 4) is 0 Å². The fraction of sp³-hybridized carbons (Fsp3) is 0. The third kappa shape index (κ3) is 3.54. The molecule has 0 aliphatic rings. The van der Waals surface area contributed by atoms with Gasteiger partial charge in [0.2, 0.25) is 0 Å². The van der Waals surface area contributed by atoms with Crippen molar-refractivity contribution in [1.82, 2.24) is 0 Å². The second kappa shape index (κ2) is 6.02. The van der Waals surface area contributed by atoms with Gasteiger partial charge in [-0.25, -0.2) is 0 Å². The predicted molar refractivity (Wildman–Crippen MR) is 80.9 cm³/mol. The summed E-state index contributed by atoms with van der Waals surface area (Å²) >= 11 is 23.6. The lowest BCUT2D eigenvalue weighted by Crippen LogP contribution is -2.12. The predicted octanol–water partition coefficient (Wildman–Crippen LogP) is 5.55. The molecule has 1 amide bonds. The van der Waals surface area contributed by atoms with E-state index < -0.39 is 0 Å². The average Bonchev–Trinajstić information content (AvgIpc) is 2.32. The number of amides is 1. The van der Waals surface area contributed by atoms with Crippen molar-refractivity contribution in [1.29, 1.82) is 0 Å². The lowest BCUT2D eigenvalue weighted by Gasteiger charge is -2.09. The maximum absolute atomic E-state index is 12.1. The molecule has 19 heavy (non-hydrogen) atoms. The van der Waals surface area contributed by atoms with E-state index in [1.807, 2.05) is 0 Å². The molecule has 0 radical (unpaired) electrons. The standard InChI is InChI=1S/C13H7Cl4NO/c14-8-4-7(5-9(15)6-8)13(19)18-12-10(16)2-1-3-11(12)17/h1-6H,(H,18,19). The number of hydrogen-bond donors (Lipinski definition) is 1. The van der Waals surface area contributed by atoms with Crippen molar-refractivity contribution in [2.24, 2.45) is 0 Å². The van der Waals surface area contributed by atoms with Crippen LogP contribution in [-0.4, -0.2) is 5.91 Å². The Labute approximate surface area is 130 Å². The van der Waals surface area contributed by atoms with Crippen molar-refractivity contribution in [2.75, 3.05) is 5.32 Å². The molecule has 0 spiro atoms. The van der Waals surface area contributed by atoms with Gasteiger partial charge in [-0.2, -0.15) is 0 Å². The first-order valence-electron chi connectivity index (χ1n) is 5.19. The Kier molecular flexibility index (Phi) is 4.58. The van der Waals surface area contributed by atoms with Crippen molar-refractivity contribution >= 4 is 58.0 Å². The summed E-state index contributed by atoms with van der Waals surface area (Å²) in [6.07, 6.45) is 0. The summed E-state index contributed by atoms with van der Waals surface area (Å²) in [5.41, 5.74) is 0.681. The lowest BCUT2D eigenvalue weighted by molar-refractivity contribution is 0.102. The van der Waals surface area contributed by atoms with Gasteiger partial charge in [0.15, 0.2) is 0 Å². The Morgan fingerprint density at radius 1 is 0.895 bits per heavy atom. The van der Waals surface area contributed by atoms with Gasteiger partial charge in [-0.15, -0.1) is 0 Å². The van der Waals surface area contributed by atoms with Crippen molar-refractivity contribution in [3.63, 3.8) is 0 Å². The molecule has 0 saturated carbocycles. The number of benzene rings is 2. The summed E-state index contributed by atoms with van der Waals surface area (Å²) < 4.78 is 0. The van der Waals surface area contributed by atoms with E-state index in [4.69, 9.17) is 46.4 Å². The Bertz CT molecular complexity index is 602. The third-order valence-electron chi connectivity index (χ3n) is 2.33. The highest BCUT2D eigenvalue weighted by molar-refractivity contribution is 6.40. The van der Waals surface area contributed by atoms with Gasteiger partial charge in [-0.05, 0) is 30.3 Å². The Morgan fingerprint density at radius 2 is 1.42 bits per heavy atom. The molecule has 2 rings (SSSR count). The second-order valence-corrected chi connectivity index (χ2v) is 5.40. The SMILES string of the molecule is O=C(Nc1c(Cl)cccc1Cl)c1cc(Cl)cc(Cl)c1. The molecule has 0 saturated heterocycles. The van der Waals surface area contributed by atoms with E-state index in [0.29, 0.717) is 31.3 Å². The van der Waals surface area contributed by atoms with Crippen molar-refractivity contribution < 1.29 is 4.79 Å². The van der Waals surface area contributed by atoms with Crippen LogP contribution in [0.25, 0.3) is 0 Å². The zero-order valence-electron chi connectivity index (χ0n) is 9.38. The number of carbonyl (C=O) groups is 1. The third-order valence-corrected chi connectivity index (χ3v) is 3.39. The Morgan fingerprint density at radius 3 is 1.95 bits per heavy atom. The van der Waals surface area contributed by atoms with Gasteiger partial charge in [0.1, 0.15) is 0 Å². The van der Waals surface area contributed by atoms with Crippen LogP contribution < -0.4 is 5.32 Å². The van der Waals surface area contributed by atoms with E-state index >= 15 is 0 Å². The van der Waals surface area contributed by atoms with Gasteiger partial charge in [0, 0.05) is 15.6 Å². The van der Waals surface area contributed by atoms with Gasteiger partial charge < -0.3 is 5.32 Å². The summed E-state index contributed by atoms with van der Waals surface area (Å²) in [7, 11) is 0. The summed E-state index contributed by atoms with van der Waals surface area (Å²) in [5, 5.41) is 4.10. The molecule has 1 N–H and O–H groups in total. The first-order valence-corrected chi connectivity index (χ1v) is 6.70. The molecule has 2 nitrogen and oxygen atoms in total. The molecule has 0 aromatic heterocycles. The number of halogens is 4. The topological polar surface area (TPSA) is 29.1 Å². The highest BCUT2D eigenvalue weighted by atomic mass is 35.5. The summed E-state index contributed by atoms with van der Waals surface area (Å²) in [4.78, 5) is 12.1. The van der Waals surface area contributed by atoms with Crippen LogP contribution in [0.2, 0.25) is 20.1 Å². The first-order chi connectivity index (χ1) is 8.97. The Hall–Kier alpha value is -0.930. The number of nitrogens with one attached hydrogen (secondary N) is 1. The van der Waals surface area contributed by atoms with Crippen molar-refractivity contribution in [2.45, 2.75) is 0 Å². The maximum atomic E-state index is 12.1. The molecule has 6 heteroatoms. The number of rotatable bonds is 2. The van der Waals surface area contributed by atoms with Crippen LogP contribution in [-0.2, 0) is 0 Å². The molecule has 0 heterocycles. The number of carbonyl (C=O) groups excluding carboxylic acids is 1. The van der Waals surface area contributed by atoms with Gasteiger partial charge >= 0.3 is 0 Å². The fourth-order valence-electron chi connectivity index (χ4n) is 1.49. The van der Waals surface area contributed by atoms with Crippen LogP contribution in [0, 0.1) is 0 Å². The van der Waals surface area contributed by atoms with E-state index in [2.05, 4.69) is 5.32 Å². The van der Waals surface area contributed by atoms with Gasteiger partial charge in [0.05, 0.1) is 15.7 Å². The fourth-order valence-corrected chi connectivity index (χ4v) is 2.51. The van der Waals surface area contributed by atoms with E-state index in [-0.39, 0.29) is 5.91 Å². The summed E-state index contributed by atoms with van der Waals surface area (Å²) in [6, 6.07) is 9.52. The van der Waals surface area contributed by atoms with Crippen LogP contribution >= 0.6 is 46.4 Å². The van der Waals surface area contributed by atoms with Gasteiger partial charge in [-0.3, -0.25) is 4.79 Å². The zero-order valence-corrected chi connectivity index (χ0v) is 12.4. The lowest BCUT2D eigenvalue weighted by atomic mass is 10.2. The average molecular weight is 335 g/mol. The van der Waals surface area contributed by atoms with Gasteiger partial charge in [0.25, 0.3) is 5.91 Å². The quantitative estimate of drug-likeness (QED) is 0.766. The maximum Gasteiger partial charge on any atom is 0.255 e. The van der Waals surface area contributed by atoms with E-state index in [0.717, 1.165) is 0 Å². The normalized spacial score (nSPS) is 10.3. The van der Waals surface area contributed by atoms with Crippen LogP contribution in [0.15, 0.2) is 36.4 Å². The highest BCUT2D eigenvalue weighted by Crippen LogP contribution is 2.30. The van der Waals surface area contributed by atoms with E-state index in [1.165, 1.54) is 12.1 Å². The molecule has 0 unspecified atom stereocenters. The van der Waals surface area contributed by atoms with Crippen LogP contribution in [0.1, 0.15) is 10.4 Å². The molecule has 98 valence electrons. The molecule has 0 fully saturated rings. The minimum absolute atomic E-state index is 0.327. The van der Waals surface area contributed by atoms with Gasteiger partial charge in [-0.1, -0.05) is 52.5 Å². The molecule has 2 aromatic rings. The summed E-state index contributed by atoms with van der Waals surface area (Å²) in [5.74, 6) is -0.389. The molecular weight excluding hydrogens is 328 g/mol. The minimum atomic E-state index is -0.389. The number of hydrogen-bond acceptors (Lipinski definition) is 1. The van der Waals surface area contributed by atoms with E-state index in [1.54, 1.807) is 24.3 Å². The minimum Gasteiger partial charge on any atom is -0.319 e.